The van der Waals surface area contributed by atoms with E-state index in [0.717, 1.165) is 15.7 Å². The summed E-state index contributed by atoms with van der Waals surface area (Å²) in [5, 5.41) is 10.5. The molecule has 0 saturated heterocycles. The summed E-state index contributed by atoms with van der Waals surface area (Å²) in [6.07, 6.45) is 1.70. The normalized spacial score (nSPS) is 16.2. The van der Waals surface area contributed by atoms with Crippen molar-refractivity contribution in [3.05, 3.63) is 44.8 Å². The van der Waals surface area contributed by atoms with E-state index in [1.807, 2.05) is 25.1 Å². The second-order valence-electron chi connectivity index (χ2n) is 5.88. The van der Waals surface area contributed by atoms with E-state index in [1.54, 1.807) is 4.57 Å². The maximum Gasteiger partial charge on any atom is 0.265 e. The maximum absolute atomic E-state index is 12.6. The van der Waals surface area contributed by atoms with Gasteiger partial charge in [0, 0.05) is 22.3 Å². The van der Waals surface area contributed by atoms with Crippen LogP contribution in [0, 0.1) is 6.92 Å². The van der Waals surface area contributed by atoms with Crippen molar-refractivity contribution in [1.82, 2.24) is 19.7 Å². The Morgan fingerprint density at radius 2 is 2.36 bits per heavy atom. The molecule has 7 nitrogen and oxygen atoms in total. The summed E-state index contributed by atoms with van der Waals surface area (Å²) in [4.78, 5) is 29.4. The van der Waals surface area contributed by atoms with Gasteiger partial charge in [0.05, 0.1) is 12.2 Å². The van der Waals surface area contributed by atoms with Crippen LogP contribution in [-0.2, 0) is 4.79 Å². The Morgan fingerprint density at radius 3 is 3.16 bits per heavy atom. The number of hydrogen-bond donors (Lipinski definition) is 2. The molecule has 1 amide bonds. The molecule has 1 aliphatic heterocycles. The van der Waals surface area contributed by atoms with Crippen molar-refractivity contribution in [2.24, 2.45) is 0 Å². The van der Waals surface area contributed by atoms with Crippen molar-refractivity contribution in [2.45, 2.75) is 24.5 Å². The first-order chi connectivity index (χ1) is 12.0. The van der Waals surface area contributed by atoms with Gasteiger partial charge in [0.25, 0.3) is 5.56 Å². The average molecular weight is 420 g/mol. The van der Waals surface area contributed by atoms with E-state index in [0.29, 0.717) is 21.9 Å². The van der Waals surface area contributed by atoms with E-state index in [-0.39, 0.29) is 23.9 Å². The van der Waals surface area contributed by atoms with Crippen LogP contribution in [-0.4, -0.2) is 31.4 Å². The number of H-pyrrole nitrogens is 1. The summed E-state index contributed by atoms with van der Waals surface area (Å²) < 4.78 is 2.60. The average Bonchev–Trinajstić information content (AvgIpc) is 3.19. The largest absolute Gasteiger partial charge is 0.326 e. The minimum Gasteiger partial charge on any atom is -0.326 e. The van der Waals surface area contributed by atoms with Crippen LogP contribution in [0.5, 0.6) is 0 Å². The van der Waals surface area contributed by atoms with Crippen molar-refractivity contribution in [2.75, 3.05) is 11.1 Å². The van der Waals surface area contributed by atoms with Gasteiger partial charge in [0.15, 0.2) is 10.8 Å². The molecule has 0 saturated carbocycles. The van der Waals surface area contributed by atoms with Gasteiger partial charge in [-0.1, -0.05) is 27.7 Å². The molecule has 1 unspecified atom stereocenters. The lowest BCUT2D eigenvalue weighted by molar-refractivity contribution is -0.116. The smallest absolute Gasteiger partial charge is 0.265 e. The number of aromatic nitrogens is 4. The molecule has 3 aromatic rings. The van der Waals surface area contributed by atoms with E-state index in [4.69, 9.17) is 0 Å². The molecule has 4 rings (SSSR count). The highest BCUT2D eigenvalue weighted by atomic mass is 79.9. The molecule has 0 spiro atoms. The Hall–Kier alpha value is -2.13. The molecule has 0 radical (unpaired) electrons. The number of nitrogens with one attached hydrogen (secondary N) is 2. The fourth-order valence-corrected chi connectivity index (χ4v) is 4.24. The third-order valence-electron chi connectivity index (χ3n) is 4.11. The summed E-state index contributed by atoms with van der Waals surface area (Å²) in [7, 11) is 0. The highest BCUT2D eigenvalue weighted by molar-refractivity contribution is 9.10. The van der Waals surface area contributed by atoms with E-state index in [9.17, 15) is 9.59 Å². The minimum absolute atomic E-state index is 0.126. The van der Waals surface area contributed by atoms with Gasteiger partial charge in [-0.05, 0) is 30.7 Å². The number of anilines is 1. The van der Waals surface area contributed by atoms with Crippen molar-refractivity contribution in [1.29, 1.82) is 0 Å². The topological polar surface area (TPSA) is 92.7 Å². The number of rotatable bonds is 3. The molecule has 9 heteroatoms. The van der Waals surface area contributed by atoms with Crippen LogP contribution in [0.4, 0.5) is 5.69 Å². The van der Waals surface area contributed by atoms with Gasteiger partial charge in [-0.3, -0.25) is 19.3 Å². The summed E-state index contributed by atoms with van der Waals surface area (Å²) in [5.41, 5.74) is 2.12. The number of fused-ring (bicyclic) bond motifs is 2. The standard InChI is InChI=1S/C16H14BrN5O2S/c1-8-4-9(2-3-12(8)17)19-13(23)5-10-7-25-16-20-14-11(6-18-21-14)15(24)22(10)16/h2-4,6,10H,5,7H2,1H3,(H,18,21)(H,19,23). The Kier molecular flexibility index (Phi) is 4.12. The van der Waals surface area contributed by atoms with E-state index < -0.39 is 0 Å². The van der Waals surface area contributed by atoms with Gasteiger partial charge < -0.3 is 5.32 Å². The van der Waals surface area contributed by atoms with Crippen molar-refractivity contribution in [3.8, 4) is 0 Å². The summed E-state index contributed by atoms with van der Waals surface area (Å²) in [6.45, 7) is 1.96. The number of amides is 1. The molecule has 0 fully saturated rings. The Balaban J connectivity index is 1.56. The van der Waals surface area contributed by atoms with Crippen LogP contribution >= 0.6 is 27.7 Å². The van der Waals surface area contributed by atoms with Crippen molar-refractivity contribution < 1.29 is 4.79 Å². The molecule has 1 atom stereocenters. The zero-order chi connectivity index (χ0) is 17.6. The van der Waals surface area contributed by atoms with E-state index in [1.165, 1.54) is 18.0 Å². The number of thioether (sulfide) groups is 1. The predicted octanol–water partition coefficient (Wildman–Crippen LogP) is 2.87. The number of halogens is 1. The van der Waals surface area contributed by atoms with Gasteiger partial charge in [-0.25, -0.2) is 4.98 Å². The van der Waals surface area contributed by atoms with Crippen LogP contribution in [0.15, 0.2) is 38.8 Å². The molecule has 2 N–H and O–H groups in total. The molecule has 0 aliphatic carbocycles. The van der Waals surface area contributed by atoms with Crippen molar-refractivity contribution >= 4 is 50.3 Å². The zero-order valence-corrected chi connectivity index (χ0v) is 15.6. The Bertz CT molecular complexity index is 1040. The van der Waals surface area contributed by atoms with Gasteiger partial charge in [0.1, 0.15) is 5.39 Å². The SMILES string of the molecule is Cc1cc(NC(=O)CC2CSc3nc4[nH]ncc4c(=O)n32)ccc1Br. The molecular formula is C16H14BrN5O2S. The fraction of sp³-hybridized carbons (Fsp3) is 0.250. The highest BCUT2D eigenvalue weighted by Gasteiger charge is 2.28. The first-order valence-electron chi connectivity index (χ1n) is 7.67. The fourth-order valence-electron chi connectivity index (χ4n) is 2.85. The number of hydrogen-bond acceptors (Lipinski definition) is 5. The molecule has 128 valence electrons. The zero-order valence-electron chi connectivity index (χ0n) is 13.2. The molecule has 0 bridgehead atoms. The Morgan fingerprint density at radius 1 is 1.52 bits per heavy atom. The minimum atomic E-state index is -0.212. The number of carbonyl (C=O) groups is 1. The number of aryl methyl sites for hydroxylation is 1. The lowest BCUT2D eigenvalue weighted by Crippen LogP contribution is -2.27. The predicted molar refractivity (Wildman–Crippen MR) is 100 cm³/mol. The second-order valence-corrected chi connectivity index (χ2v) is 7.72. The lowest BCUT2D eigenvalue weighted by atomic mass is 10.2. The summed E-state index contributed by atoms with van der Waals surface area (Å²) in [5.74, 6) is 0.522. The van der Waals surface area contributed by atoms with Gasteiger partial charge in [-0.2, -0.15) is 5.10 Å². The summed E-state index contributed by atoms with van der Waals surface area (Å²) >= 11 is 4.92. The van der Waals surface area contributed by atoms with Gasteiger partial charge >= 0.3 is 0 Å². The van der Waals surface area contributed by atoms with Crippen LogP contribution in [0.3, 0.4) is 0 Å². The van der Waals surface area contributed by atoms with Crippen LogP contribution in [0.2, 0.25) is 0 Å². The number of nitrogens with zero attached hydrogens (tertiary/aromatic N) is 3. The molecule has 2 aromatic heterocycles. The summed E-state index contributed by atoms with van der Waals surface area (Å²) in [6, 6.07) is 5.43. The monoisotopic (exact) mass is 419 g/mol. The second kappa shape index (κ2) is 6.30. The number of benzene rings is 1. The van der Waals surface area contributed by atoms with Crippen LogP contribution in [0.25, 0.3) is 11.0 Å². The quantitative estimate of drug-likeness (QED) is 0.636. The van der Waals surface area contributed by atoms with Gasteiger partial charge in [-0.15, -0.1) is 0 Å². The maximum atomic E-state index is 12.6. The lowest BCUT2D eigenvalue weighted by Gasteiger charge is -2.13. The molecule has 1 aromatic carbocycles. The van der Waals surface area contributed by atoms with Crippen LogP contribution in [0.1, 0.15) is 18.0 Å². The van der Waals surface area contributed by atoms with E-state index in [2.05, 4.69) is 36.4 Å². The first kappa shape index (κ1) is 16.3. The third kappa shape index (κ3) is 2.98. The molecule has 1 aliphatic rings. The highest BCUT2D eigenvalue weighted by Crippen LogP contribution is 2.33. The molecule has 25 heavy (non-hydrogen) atoms. The van der Waals surface area contributed by atoms with Gasteiger partial charge in [0.2, 0.25) is 5.91 Å². The van der Waals surface area contributed by atoms with E-state index >= 15 is 0 Å². The molecular weight excluding hydrogens is 406 g/mol. The third-order valence-corrected chi connectivity index (χ3v) is 6.10. The number of carbonyl (C=O) groups excluding carboxylic acids is 1. The van der Waals surface area contributed by atoms with Crippen LogP contribution < -0.4 is 10.9 Å². The Labute approximate surface area is 155 Å². The molecule has 3 heterocycles. The van der Waals surface area contributed by atoms with Crippen molar-refractivity contribution in [3.63, 3.8) is 0 Å². The number of aromatic amines is 1. The first-order valence-corrected chi connectivity index (χ1v) is 9.45.